The Kier molecular flexibility index (Phi) is 7.26. The highest BCUT2D eigenvalue weighted by molar-refractivity contribution is 5.90. The van der Waals surface area contributed by atoms with E-state index in [1.165, 1.54) is 26.2 Å². The fourth-order valence-electron chi connectivity index (χ4n) is 4.16. The number of nitrogens with two attached hydrogens (primary N) is 1. The van der Waals surface area contributed by atoms with E-state index in [-0.39, 0.29) is 35.6 Å². The van der Waals surface area contributed by atoms with Gasteiger partial charge < -0.3 is 25.6 Å². The standard InChI is InChI=1S/C27H25F4N3O5/c1-25(24(32)36)14-39-23-19(25)12-20(34-22(23)16-5-7-17(28)8-6-16)26(37,27(29,30)31)13-33-21(35)11-15-3-9-18(38-2)10-4-15/h3-10,12,37H,11,13-14H2,1-2H3,(H2,32,36)(H,33,35)/t25-,26?/m0/s1. The van der Waals surface area contributed by atoms with Crippen LogP contribution >= 0.6 is 0 Å². The summed E-state index contributed by atoms with van der Waals surface area (Å²) in [5.74, 6) is -1.72. The number of fused-ring (bicyclic) bond motifs is 1. The molecule has 39 heavy (non-hydrogen) atoms. The summed E-state index contributed by atoms with van der Waals surface area (Å²) < 4.78 is 67.5. The van der Waals surface area contributed by atoms with Crippen LogP contribution in [0.3, 0.4) is 0 Å². The van der Waals surface area contributed by atoms with Crippen LogP contribution in [0.25, 0.3) is 11.3 Å². The van der Waals surface area contributed by atoms with Crippen LogP contribution in [0, 0.1) is 5.82 Å². The maximum atomic E-state index is 14.4. The third-order valence-electron chi connectivity index (χ3n) is 6.69. The zero-order valence-corrected chi connectivity index (χ0v) is 20.9. The van der Waals surface area contributed by atoms with E-state index in [1.54, 1.807) is 24.3 Å². The predicted molar refractivity (Wildman–Crippen MR) is 131 cm³/mol. The summed E-state index contributed by atoms with van der Waals surface area (Å²) in [4.78, 5) is 28.9. The van der Waals surface area contributed by atoms with Crippen LogP contribution < -0.4 is 20.5 Å². The number of rotatable bonds is 8. The molecule has 206 valence electrons. The monoisotopic (exact) mass is 547 g/mol. The SMILES string of the molecule is COc1ccc(CC(=O)NCC(O)(c2cc3c(c(-c4ccc(F)cc4)n2)OC[C@]3(C)C(N)=O)C(F)(F)F)cc1. The number of aromatic nitrogens is 1. The number of pyridine rings is 1. The van der Waals surface area contributed by atoms with Crippen molar-refractivity contribution in [3.05, 3.63) is 77.2 Å². The number of carbonyl (C=O) groups is 2. The number of halogens is 4. The first-order valence-corrected chi connectivity index (χ1v) is 11.7. The zero-order valence-electron chi connectivity index (χ0n) is 20.9. The highest BCUT2D eigenvalue weighted by Crippen LogP contribution is 2.47. The summed E-state index contributed by atoms with van der Waals surface area (Å²) in [6.45, 7) is -0.156. The molecule has 1 aromatic heterocycles. The largest absolute Gasteiger partial charge is 0.497 e. The van der Waals surface area contributed by atoms with E-state index in [1.807, 2.05) is 0 Å². The maximum absolute atomic E-state index is 14.4. The fourth-order valence-corrected chi connectivity index (χ4v) is 4.16. The molecule has 0 fully saturated rings. The minimum atomic E-state index is -5.30. The molecular weight excluding hydrogens is 522 g/mol. The number of hydrogen-bond acceptors (Lipinski definition) is 6. The highest BCUT2D eigenvalue weighted by atomic mass is 19.4. The average molecular weight is 548 g/mol. The quantitative estimate of drug-likeness (QED) is 0.373. The molecule has 1 aliphatic heterocycles. The minimum Gasteiger partial charge on any atom is -0.497 e. The van der Waals surface area contributed by atoms with Crippen molar-refractivity contribution in [1.29, 1.82) is 0 Å². The molecule has 0 radical (unpaired) electrons. The molecule has 12 heteroatoms. The number of carbonyl (C=O) groups excluding carboxylic acids is 2. The number of primary amides is 1. The minimum absolute atomic E-state index is 0.0141. The first kappa shape index (κ1) is 27.8. The lowest BCUT2D eigenvalue weighted by Crippen LogP contribution is -2.52. The molecule has 0 spiro atoms. The number of aliphatic hydroxyl groups is 1. The molecule has 2 atom stereocenters. The predicted octanol–water partition coefficient (Wildman–Crippen LogP) is 3.14. The molecule has 4 rings (SSSR count). The second-order valence-electron chi connectivity index (χ2n) is 9.38. The van der Waals surface area contributed by atoms with Gasteiger partial charge in [-0.2, -0.15) is 13.2 Å². The lowest BCUT2D eigenvalue weighted by molar-refractivity contribution is -0.265. The van der Waals surface area contributed by atoms with Crippen molar-refractivity contribution in [2.75, 3.05) is 20.3 Å². The summed E-state index contributed by atoms with van der Waals surface area (Å²) in [5.41, 5.74) is -0.0267. The number of nitrogens with one attached hydrogen (secondary N) is 1. The van der Waals surface area contributed by atoms with Gasteiger partial charge in [-0.25, -0.2) is 9.37 Å². The first-order valence-electron chi connectivity index (χ1n) is 11.7. The van der Waals surface area contributed by atoms with Gasteiger partial charge in [-0.05, 0) is 55.0 Å². The highest BCUT2D eigenvalue weighted by Gasteiger charge is 2.57. The van der Waals surface area contributed by atoms with Gasteiger partial charge in [0.05, 0.1) is 25.8 Å². The number of methoxy groups -OCH3 is 1. The number of benzene rings is 2. The fraction of sp³-hybridized carbons (Fsp3) is 0.296. The van der Waals surface area contributed by atoms with Crippen LogP contribution in [0.4, 0.5) is 17.6 Å². The average Bonchev–Trinajstić information content (AvgIpc) is 3.25. The van der Waals surface area contributed by atoms with Crippen LogP contribution in [0.15, 0.2) is 54.6 Å². The molecule has 2 aromatic carbocycles. The van der Waals surface area contributed by atoms with Crippen molar-refractivity contribution in [1.82, 2.24) is 10.3 Å². The Morgan fingerprint density at radius 1 is 1.15 bits per heavy atom. The van der Waals surface area contributed by atoms with Gasteiger partial charge in [-0.15, -0.1) is 0 Å². The lowest BCUT2D eigenvalue weighted by atomic mass is 9.81. The van der Waals surface area contributed by atoms with Gasteiger partial charge in [0.25, 0.3) is 0 Å². The molecule has 4 N–H and O–H groups in total. The van der Waals surface area contributed by atoms with Gasteiger partial charge in [-0.3, -0.25) is 9.59 Å². The smallest absolute Gasteiger partial charge is 0.424 e. The molecule has 2 amide bonds. The summed E-state index contributed by atoms with van der Waals surface area (Å²) in [6, 6.07) is 12.0. The Labute approximate surface area is 220 Å². The van der Waals surface area contributed by atoms with Crippen LogP contribution in [-0.4, -0.2) is 48.3 Å². The number of alkyl halides is 3. The second kappa shape index (κ2) is 10.2. The lowest BCUT2D eigenvalue weighted by Gasteiger charge is -2.31. The Bertz CT molecular complexity index is 1400. The van der Waals surface area contributed by atoms with E-state index in [2.05, 4.69) is 10.3 Å². The van der Waals surface area contributed by atoms with Crippen LogP contribution in [0.2, 0.25) is 0 Å². The summed E-state index contributed by atoms with van der Waals surface area (Å²) in [7, 11) is 1.46. The van der Waals surface area contributed by atoms with Crippen molar-refractivity contribution in [2.24, 2.45) is 5.73 Å². The Balaban J connectivity index is 1.74. The Hall–Kier alpha value is -4.19. The van der Waals surface area contributed by atoms with Gasteiger partial charge in [0.15, 0.2) is 0 Å². The Morgan fingerprint density at radius 3 is 2.36 bits per heavy atom. The zero-order chi connectivity index (χ0) is 28.6. The van der Waals surface area contributed by atoms with Crippen molar-refractivity contribution >= 4 is 11.8 Å². The van der Waals surface area contributed by atoms with Gasteiger partial charge >= 0.3 is 6.18 Å². The van der Waals surface area contributed by atoms with Crippen LogP contribution in [-0.2, 0) is 27.0 Å². The molecule has 8 nitrogen and oxygen atoms in total. The van der Waals surface area contributed by atoms with E-state index in [0.717, 1.165) is 18.2 Å². The van der Waals surface area contributed by atoms with E-state index >= 15 is 0 Å². The molecule has 1 aliphatic rings. The van der Waals surface area contributed by atoms with Gasteiger partial charge in [0, 0.05) is 11.1 Å². The molecule has 0 aliphatic carbocycles. The molecule has 0 bridgehead atoms. The van der Waals surface area contributed by atoms with E-state index in [9.17, 15) is 32.3 Å². The summed E-state index contributed by atoms with van der Waals surface area (Å²) in [5, 5.41) is 13.2. The molecular formula is C27H25F4N3O5. The van der Waals surface area contributed by atoms with Crippen LogP contribution in [0.5, 0.6) is 11.5 Å². The van der Waals surface area contributed by atoms with Crippen molar-refractivity contribution < 1.29 is 41.7 Å². The molecule has 2 heterocycles. The normalized spacial score (nSPS) is 18.0. The topological polar surface area (TPSA) is 124 Å². The Morgan fingerprint density at radius 2 is 1.79 bits per heavy atom. The second-order valence-corrected chi connectivity index (χ2v) is 9.38. The molecule has 1 unspecified atom stereocenters. The van der Waals surface area contributed by atoms with Crippen molar-refractivity contribution in [3.8, 4) is 22.8 Å². The summed E-state index contributed by atoms with van der Waals surface area (Å²) in [6.07, 6.45) is -5.56. The van der Waals surface area contributed by atoms with Gasteiger partial charge in [0.2, 0.25) is 17.4 Å². The van der Waals surface area contributed by atoms with Gasteiger partial charge in [0.1, 0.15) is 35.0 Å². The number of ether oxygens (including phenoxy) is 2. The van der Waals surface area contributed by atoms with E-state index in [0.29, 0.717) is 11.3 Å². The number of nitrogens with zero attached hydrogens (tertiary/aromatic N) is 1. The van der Waals surface area contributed by atoms with E-state index < -0.39 is 47.1 Å². The van der Waals surface area contributed by atoms with Crippen LogP contribution in [0.1, 0.15) is 23.7 Å². The van der Waals surface area contributed by atoms with Crippen molar-refractivity contribution in [3.63, 3.8) is 0 Å². The number of amides is 2. The molecule has 0 saturated carbocycles. The van der Waals surface area contributed by atoms with Gasteiger partial charge in [-0.1, -0.05) is 12.1 Å². The first-order chi connectivity index (χ1) is 18.3. The third kappa shape index (κ3) is 5.24. The van der Waals surface area contributed by atoms with E-state index in [4.69, 9.17) is 15.2 Å². The summed E-state index contributed by atoms with van der Waals surface area (Å²) >= 11 is 0. The molecule has 3 aromatic rings. The third-order valence-corrected chi connectivity index (χ3v) is 6.69. The van der Waals surface area contributed by atoms with Crippen molar-refractivity contribution in [2.45, 2.75) is 30.5 Å². The maximum Gasteiger partial charge on any atom is 0.424 e. The number of hydrogen-bond donors (Lipinski definition) is 3. The molecule has 0 saturated heterocycles.